The topological polar surface area (TPSA) is 109 Å². The highest BCUT2D eigenvalue weighted by atomic mass is 15.6. The summed E-state index contributed by atoms with van der Waals surface area (Å²) in [4.78, 5) is 12.8. The van der Waals surface area contributed by atoms with Gasteiger partial charge in [-0.15, -0.1) is 0 Å². The Balaban J connectivity index is 2.06. The molecule has 0 spiro atoms. The van der Waals surface area contributed by atoms with Gasteiger partial charge in [0.15, 0.2) is 5.82 Å². The molecule has 3 N–H and O–H groups in total. The molecule has 3 rings (SSSR count). The minimum Gasteiger partial charge on any atom is -0.368 e. The zero-order valence-electron chi connectivity index (χ0n) is 12.5. The predicted octanol–water partition coefficient (Wildman–Crippen LogP) is 1.52. The van der Waals surface area contributed by atoms with Crippen LogP contribution in [-0.4, -0.2) is 36.4 Å². The van der Waals surface area contributed by atoms with E-state index in [9.17, 15) is 0 Å². The summed E-state index contributed by atoms with van der Waals surface area (Å²) in [5, 5.41) is 13.3. The van der Waals surface area contributed by atoms with Crippen LogP contribution in [0.4, 0.5) is 11.9 Å². The number of nitrogens with zero attached hydrogens (tertiary/aromatic N) is 6. The monoisotopic (exact) mass is 286 g/mol. The highest BCUT2D eigenvalue weighted by Gasteiger charge is 2.35. The van der Waals surface area contributed by atoms with Crippen molar-refractivity contribution >= 4 is 17.6 Å². The Kier molecular flexibility index (Phi) is 2.89. The maximum Gasteiger partial charge on any atom is 0.252 e. The van der Waals surface area contributed by atoms with E-state index in [1.165, 1.54) is 0 Å². The first-order valence-electron chi connectivity index (χ1n) is 6.73. The average molecular weight is 286 g/mol. The second-order valence-electron chi connectivity index (χ2n) is 5.89. The van der Waals surface area contributed by atoms with Crippen molar-refractivity contribution in [2.45, 2.75) is 39.7 Å². The van der Waals surface area contributed by atoms with E-state index in [2.05, 4.69) is 44.1 Å². The van der Waals surface area contributed by atoms with Crippen molar-refractivity contribution in [3.05, 3.63) is 11.8 Å². The van der Waals surface area contributed by atoms with Crippen LogP contribution in [0.1, 0.15) is 32.9 Å². The van der Waals surface area contributed by atoms with Crippen LogP contribution in [0.2, 0.25) is 0 Å². The SMILES string of the molecule is CC1=NN(c2nc(N)nc(-c3cc(C)[nH]n3)n2)C(C)(C)C1. The molecule has 21 heavy (non-hydrogen) atoms. The molecule has 0 aliphatic carbocycles. The lowest BCUT2D eigenvalue weighted by Gasteiger charge is -2.28. The fourth-order valence-electron chi connectivity index (χ4n) is 2.48. The van der Waals surface area contributed by atoms with E-state index >= 15 is 0 Å². The van der Waals surface area contributed by atoms with Crippen molar-refractivity contribution in [3.63, 3.8) is 0 Å². The van der Waals surface area contributed by atoms with Crippen LogP contribution in [-0.2, 0) is 0 Å². The standard InChI is InChI=1S/C13H18N8/c1-7-5-9(19-18-7)10-15-11(14)17-12(16-10)21-13(3,4)6-8(2)20-21/h5H,6H2,1-4H3,(H,18,19)(H2,14,15,16,17). The molecule has 1 aliphatic rings. The second-order valence-corrected chi connectivity index (χ2v) is 5.89. The van der Waals surface area contributed by atoms with Gasteiger partial charge in [-0.2, -0.15) is 25.2 Å². The van der Waals surface area contributed by atoms with E-state index in [0.717, 1.165) is 17.8 Å². The van der Waals surface area contributed by atoms with Crippen LogP contribution in [0.3, 0.4) is 0 Å². The van der Waals surface area contributed by atoms with Crippen LogP contribution < -0.4 is 10.7 Å². The van der Waals surface area contributed by atoms with E-state index in [1.807, 2.05) is 19.9 Å². The first-order chi connectivity index (χ1) is 9.85. The Labute approximate surface area is 122 Å². The molecule has 0 radical (unpaired) electrons. The summed E-state index contributed by atoms with van der Waals surface area (Å²) in [6.07, 6.45) is 0.857. The molecule has 0 saturated carbocycles. The Morgan fingerprint density at radius 3 is 2.57 bits per heavy atom. The van der Waals surface area contributed by atoms with Gasteiger partial charge in [-0.1, -0.05) is 0 Å². The highest BCUT2D eigenvalue weighted by Crippen LogP contribution is 2.31. The number of hydrazone groups is 1. The van der Waals surface area contributed by atoms with Crippen LogP contribution in [0.15, 0.2) is 11.2 Å². The van der Waals surface area contributed by atoms with Gasteiger partial charge >= 0.3 is 0 Å². The molecule has 1 aliphatic heterocycles. The first kappa shape index (κ1) is 13.5. The Morgan fingerprint density at radius 1 is 1.24 bits per heavy atom. The van der Waals surface area contributed by atoms with Gasteiger partial charge in [0.05, 0.1) is 5.54 Å². The molecule has 2 aromatic rings. The van der Waals surface area contributed by atoms with Crippen LogP contribution in [0, 0.1) is 6.92 Å². The maximum absolute atomic E-state index is 5.82. The van der Waals surface area contributed by atoms with E-state index in [-0.39, 0.29) is 11.5 Å². The van der Waals surface area contributed by atoms with Crippen molar-refractivity contribution in [1.82, 2.24) is 25.1 Å². The molecule has 0 bridgehead atoms. The summed E-state index contributed by atoms with van der Waals surface area (Å²) in [5.41, 5.74) is 8.24. The van der Waals surface area contributed by atoms with Gasteiger partial charge in [-0.25, -0.2) is 5.01 Å². The minimum atomic E-state index is -0.184. The molecular weight excluding hydrogens is 268 g/mol. The minimum absolute atomic E-state index is 0.159. The molecule has 0 fully saturated rings. The molecule has 8 nitrogen and oxygen atoms in total. The summed E-state index contributed by atoms with van der Waals surface area (Å²) < 4.78 is 0. The third kappa shape index (κ3) is 2.44. The number of aromatic amines is 1. The van der Waals surface area contributed by atoms with Gasteiger partial charge in [-0.3, -0.25) is 5.10 Å². The number of rotatable bonds is 2. The fraction of sp³-hybridized carbons (Fsp3) is 0.462. The summed E-state index contributed by atoms with van der Waals surface area (Å²) in [5.74, 6) is 1.05. The van der Waals surface area contributed by atoms with Gasteiger partial charge in [0, 0.05) is 17.8 Å². The molecule has 0 unspecified atom stereocenters. The molecule has 3 heterocycles. The molecule has 0 saturated heterocycles. The maximum atomic E-state index is 5.82. The number of nitrogens with one attached hydrogen (secondary N) is 1. The van der Waals surface area contributed by atoms with E-state index < -0.39 is 0 Å². The number of H-pyrrole nitrogens is 1. The zero-order chi connectivity index (χ0) is 15.2. The highest BCUT2D eigenvalue weighted by molar-refractivity contribution is 5.86. The molecule has 0 atom stereocenters. The summed E-state index contributed by atoms with van der Waals surface area (Å²) >= 11 is 0. The van der Waals surface area contributed by atoms with Gasteiger partial charge < -0.3 is 5.73 Å². The van der Waals surface area contributed by atoms with Crippen molar-refractivity contribution < 1.29 is 0 Å². The first-order valence-corrected chi connectivity index (χ1v) is 6.73. The van der Waals surface area contributed by atoms with E-state index in [4.69, 9.17) is 5.73 Å². The van der Waals surface area contributed by atoms with Crippen molar-refractivity contribution in [2.75, 3.05) is 10.7 Å². The van der Waals surface area contributed by atoms with Crippen molar-refractivity contribution in [2.24, 2.45) is 5.10 Å². The van der Waals surface area contributed by atoms with Crippen LogP contribution in [0.5, 0.6) is 0 Å². The Bertz CT molecular complexity index is 715. The molecular formula is C13H18N8. The van der Waals surface area contributed by atoms with E-state index in [1.54, 1.807) is 5.01 Å². The third-order valence-electron chi connectivity index (χ3n) is 3.30. The number of nitrogens with two attached hydrogens (primary N) is 1. The van der Waals surface area contributed by atoms with Crippen LogP contribution >= 0.6 is 0 Å². The quantitative estimate of drug-likeness (QED) is 0.866. The largest absolute Gasteiger partial charge is 0.368 e. The van der Waals surface area contributed by atoms with Gasteiger partial charge in [0.25, 0.3) is 5.95 Å². The lowest BCUT2D eigenvalue weighted by Crippen LogP contribution is -2.37. The number of nitrogen functional groups attached to an aromatic ring is 1. The van der Waals surface area contributed by atoms with Crippen LogP contribution in [0.25, 0.3) is 11.5 Å². The van der Waals surface area contributed by atoms with Gasteiger partial charge in [0.1, 0.15) is 5.69 Å². The normalized spacial score (nSPS) is 17.1. The summed E-state index contributed by atoms with van der Waals surface area (Å²) in [6.45, 7) is 8.08. The zero-order valence-corrected chi connectivity index (χ0v) is 12.5. The third-order valence-corrected chi connectivity index (χ3v) is 3.30. The summed E-state index contributed by atoms with van der Waals surface area (Å²) in [6, 6.07) is 1.86. The summed E-state index contributed by atoms with van der Waals surface area (Å²) in [7, 11) is 0. The number of anilines is 2. The smallest absolute Gasteiger partial charge is 0.252 e. The Hall–Kier alpha value is -2.51. The molecule has 110 valence electrons. The fourth-order valence-corrected chi connectivity index (χ4v) is 2.48. The van der Waals surface area contributed by atoms with E-state index in [0.29, 0.717) is 17.5 Å². The molecule has 8 heteroatoms. The lowest BCUT2D eigenvalue weighted by atomic mass is 9.99. The van der Waals surface area contributed by atoms with Crippen molar-refractivity contribution in [3.8, 4) is 11.5 Å². The molecule has 0 amide bonds. The number of aryl methyl sites for hydroxylation is 1. The molecule has 0 aromatic carbocycles. The number of hydrogen-bond acceptors (Lipinski definition) is 7. The van der Waals surface area contributed by atoms with Gasteiger partial charge in [-0.05, 0) is 33.8 Å². The second kappa shape index (κ2) is 4.51. The van der Waals surface area contributed by atoms with Gasteiger partial charge in [0.2, 0.25) is 5.95 Å². The molecule has 2 aromatic heterocycles. The average Bonchev–Trinajstić information content (AvgIpc) is 2.91. The lowest BCUT2D eigenvalue weighted by molar-refractivity contribution is 0.506. The number of aromatic nitrogens is 5. The number of hydrogen-bond donors (Lipinski definition) is 2. The predicted molar refractivity (Wildman–Crippen MR) is 80.8 cm³/mol. The van der Waals surface area contributed by atoms with Crippen molar-refractivity contribution in [1.29, 1.82) is 0 Å². The Morgan fingerprint density at radius 2 is 2.00 bits per heavy atom.